The summed E-state index contributed by atoms with van der Waals surface area (Å²) in [6.07, 6.45) is 0. The summed E-state index contributed by atoms with van der Waals surface area (Å²) < 4.78 is 38.4. The standard InChI is InChI=1S/C21H27N3O6S/c1-4-23-9-11-24(12-10-23)18-7-5-15(13-17(18)21(25)26)22-31(27,28)16-6-8-19(29-2)20(14-16)30-3/h5-8,13-14,22H,4,9-12H2,1-3H3,(H,25,26). The van der Waals surface area contributed by atoms with Crippen LogP contribution in [-0.4, -0.2) is 71.3 Å². The van der Waals surface area contributed by atoms with Gasteiger partial charge in [0.05, 0.1) is 30.4 Å². The number of ether oxygens (including phenoxy) is 2. The number of carbonyl (C=O) groups is 1. The van der Waals surface area contributed by atoms with E-state index in [-0.39, 0.29) is 21.9 Å². The van der Waals surface area contributed by atoms with Gasteiger partial charge in [-0.1, -0.05) is 6.92 Å². The maximum atomic E-state index is 12.8. The molecular weight excluding hydrogens is 422 g/mol. The predicted molar refractivity (Wildman–Crippen MR) is 118 cm³/mol. The van der Waals surface area contributed by atoms with Crippen LogP contribution >= 0.6 is 0 Å². The lowest BCUT2D eigenvalue weighted by Crippen LogP contribution is -2.46. The minimum absolute atomic E-state index is 0.0261. The Hall–Kier alpha value is -2.98. The highest BCUT2D eigenvalue weighted by Crippen LogP contribution is 2.31. The molecule has 0 saturated carbocycles. The zero-order valence-corrected chi connectivity index (χ0v) is 18.6. The summed E-state index contributed by atoms with van der Waals surface area (Å²) in [7, 11) is -1.08. The second kappa shape index (κ2) is 9.44. The Labute approximate surface area is 182 Å². The van der Waals surface area contributed by atoms with Crippen LogP contribution in [0.4, 0.5) is 11.4 Å². The van der Waals surface area contributed by atoms with Gasteiger partial charge in [0.15, 0.2) is 11.5 Å². The topological polar surface area (TPSA) is 108 Å². The largest absolute Gasteiger partial charge is 0.493 e. The van der Waals surface area contributed by atoms with E-state index < -0.39 is 16.0 Å². The van der Waals surface area contributed by atoms with Crippen molar-refractivity contribution in [2.45, 2.75) is 11.8 Å². The van der Waals surface area contributed by atoms with Gasteiger partial charge in [-0.3, -0.25) is 4.72 Å². The number of hydrogen-bond acceptors (Lipinski definition) is 7. The monoisotopic (exact) mass is 449 g/mol. The molecule has 1 fully saturated rings. The second-order valence-corrected chi connectivity index (χ2v) is 8.76. The number of piperazine rings is 1. The van der Waals surface area contributed by atoms with Crippen LogP contribution in [0.5, 0.6) is 11.5 Å². The van der Waals surface area contributed by atoms with Crippen molar-refractivity contribution in [3.05, 3.63) is 42.0 Å². The van der Waals surface area contributed by atoms with Crippen LogP contribution in [0.3, 0.4) is 0 Å². The Morgan fingerprint density at radius 3 is 2.29 bits per heavy atom. The van der Waals surface area contributed by atoms with Gasteiger partial charge < -0.3 is 24.4 Å². The van der Waals surface area contributed by atoms with Gasteiger partial charge in [0, 0.05) is 37.9 Å². The highest BCUT2D eigenvalue weighted by Gasteiger charge is 2.23. The lowest BCUT2D eigenvalue weighted by atomic mass is 10.1. The molecule has 0 unspecified atom stereocenters. The van der Waals surface area contributed by atoms with Crippen LogP contribution in [0, 0.1) is 0 Å². The van der Waals surface area contributed by atoms with Crippen molar-refractivity contribution in [3.63, 3.8) is 0 Å². The van der Waals surface area contributed by atoms with Crippen LogP contribution in [0.15, 0.2) is 41.3 Å². The van der Waals surface area contributed by atoms with Crippen LogP contribution < -0.4 is 19.1 Å². The van der Waals surface area contributed by atoms with Crippen LogP contribution in [-0.2, 0) is 10.0 Å². The zero-order chi connectivity index (χ0) is 22.6. The Balaban J connectivity index is 1.86. The van der Waals surface area contributed by atoms with Gasteiger partial charge >= 0.3 is 5.97 Å². The molecule has 0 aromatic heterocycles. The number of nitrogens with one attached hydrogen (secondary N) is 1. The number of aromatic carboxylic acids is 1. The fourth-order valence-corrected chi connectivity index (χ4v) is 4.61. The minimum Gasteiger partial charge on any atom is -0.493 e. The molecule has 168 valence electrons. The third-order valence-corrected chi connectivity index (χ3v) is 6.68. The molecule has 1 heterocycles. The van der Waals surface area contributed by atoms with E-state index in [4.69, 9.17) is 9.47 Å². The van der Waals surface area contributed by atoms with Gasteiger partial charge in [-0.25, -0.2) is 13.2 Å². The lowest BCUT2D eigenvalue weighted by Gasteiger charge is -2.36. The first-order valence-corrected chi connectivity index (χ1v) is 11.4. The average molecular weight is 450 g/mol. The molecule has 0 amide bonds. The molecule has 1 aliphatic heterocycles. The predicted octanol–water partition coefficient (Wildman–Crippen LogP) is 2.34. The van der Waals surface area contributed by atoms with E-state index in [9.17, 15) is 18.3 Å². The number of methoxy groups -OCH3 is 2. The average Bonchev–Trinajstić information content (AvgIpc) is 2.78. The number of carboxylic acids is 1. The van der Waals surface area contributed by atoms with Gasteiger partial charge in [0.1, 0.15) is 0 Å². The molecule has 9 nitrogen and oxygen atoms in total. The summed E-state index contributed by atoms with van der Waals surface area (Å²) in [5.74, 6) is -0.430. The molecule has 31 heavy (non-hydrogen) atoms. The molecule has 0 aliphatic carbocycles. The minimum atomic E-state index is -3.96. The van der Waals surface area contributed by atoms with Crippen molar-refractivity contribution in [3.8, 4) is 11.5 Å². The number of hydrogen-bond donors (Lipinski definition) is 2. The number of sulfonamides is 1. The maximum Gasteiger partial charge on any atom is 0.337 e. The smallest absolute Gasteiger partial charge is 0.337 e. The van der Waals surface area contributed by atoms with E-state index >= 15 is 0 Å². The molecule has 0 spiro atoms. The number of likely N-dealkylation sites (N-methyl/N-ethyl adjacent to an activating group) is 1. The van der Waals surface area contributed by atoms with Crippen molar-refractivity contribution in [2.75, 3.05) is 56.6 Å². The van der Waals surface area contributed by atoms with E-state index in [2.05, 4.69) is 16.5 Å². The van der Waals surface area contributed by atoms with E-state index in [1.807, 2.05) is 4.90 Å². The third kappa shape index (κ3) is 5.02. The summed E-state index contributed by atoms with van der Waals surface area (Å²) in [5.41, 5.74) is 0.804. The van der Waals surface area contributed by atoms with E-state index in [1.165, 1.54) is 38.5 Å². The fourth-order valence-electron chi connectivity index (χ4n) is 3.55. The summed E-state index contributed by atoms with van der Waals surface area (Å²) in [6, 6.07) is 8.81. The molecule has 0 bridgehead atoms. The number of anilines is 2. The van der Waals surface area contributed by atoms with Crippen molar-refractivity contribution < 1.29 is 27.8 Å². The second-order valence-electron chi connectivity index (χ2n) is 7.08. The highest BCUT2D eigenvalue weighted by atomic mass is 32.2. The Bertz CT molecular complexity index is 1050. The first kappa shape index (κ1) is 22.7. The highest BCUT2D eigenvalue weighted by molar-refractivity contribution is 7.92. The lowest BCUT2D eigenvalue weighted by molar-refractivity contribution is 0.0697. The molecule has 0 radical (unpaired) electrons. The number of carboxylic acid groups (broad SMARTS) is 1. The van der Waals surface area contributed by atoms with Crippen molar-refractivity contribution in [1.82, 2.24) is 4.90 Å². The van der Waals surface area contributed by atoms with Gasteiger partial charge in [-0.2, -0.15) is 0 Å². The van der Waals surface area contributed by atoms with Gasteiger partial charge in [-0.15, -0.1) is 0 Å². The zero-order valence-electron chi connectivity index (χ0n) is 17.8. The number of nitrogens with zero attached hydrogens (tertiary/aromatic N) is 2. The first-order chi connectivity index (χ1) is 14.8. The Morgan fingerprint density at radius 1 is 1.03 bits per heavy atom. The van der Waals surface area contributed by atoms with Crippen molar-refractivity contribution >= 4 is 27.4 Å². The Kier molecular flexibility index (Phi) is 6.91. The summed E-state index contributed by atoms with van der Waals surface area (Å²) in [6.45, 7) is 6.18. The maximum absolute atomic E-state index is 12.8. The first-order valence-electron chi connectivity index (χ1n) is 9.88. The molecule has 1 aliphatic rings. The number of benzene rings is 2. The van der Waals surface area contributed by atoms with Gasteiger partial charge in [0.2, 0.25) is 0 Å². The molecule has 0 atom stereocenters. The Morgan fingerprint density at radius 2 is 1.71 bits per heavy atom. The van der Waals surface area contributed by atoms with Crippen molar-refractivity contribution in [1.29, 1.82) is 0 Å². The van der Waals surface area contributed by atoms with Crippen LogP contribution in [0.1, 0.15) is 17.3 Å². The van der Waals surface area contributed by atoms with Crippen LogP contribution in [0.25, 0.3) is 0 Å². The molecule has 2 N–H and O–H groups in total. The third-order valence-electron chi connectivity index (χ3n) is 5.30. The fraction of sp³-hybridized carbons (Fsp3) is 0.381. The molecule has 3 rings (SSSR count). The normalized spacial score (nSPS) is 14.9. The van der Waals surface area contributed by atoms with E-state index in [0.29, 0.717) is 24.5 Å². The SMILES string of the molecule is CCN1CCN(c2ccc(NS(=O)(=O)c3ccc(OC)c(OC)c3)cc2C(=O)O)CC1. The van der Waals surface area contributed by atoms with Gasteiger partial charge in [-0.05, 0) is 36.9 Å². The van der Waals surface area contributed by atoms with Gasteiger partial charge in [0.25, 0.3) is 10.0 Å². The summed E-state index contributed by atoms with van der Waals surface area (Å²) >= 11 is 0. The molecular formula is C21H27N3O6S. The molecule has 2 aromatic carbocycles. The molecule has 2 aromatic rings. The quantitative estimate of drug-likeness (QED) is 0.632. The van der Waals surface area contributed by atoms with Crippen molar-refractivity contribution in [2.24, 2.45) is 0 Å². The molecule has 1 saturated heterocycles. The summed E-state index contributed by atoms with van der Waals surface area (Å²) in [4.78, 5) is 16.2. The van der Waals surface area contributed by atoms with E-state index in [1.54, 1.807) is 12.1 Å². The number of rotatable bonds is 8. The molecule has 10 heteroatoms. The summed E-state index contributed by atoms with van der Waals surface area (Å²) in [5, 5.41) is 9.72. The van der Waals surface area contributed by atoms with E-state index in [0.717, 1.165) is 19.6 Å². The van der Waals surface area contributed by atoms with Crippen LogP contribution in [0.2, 0.25) is 0 Å².